The van der Waals surface area contributed by atoms with Crippen LogP contribution in [0.2, 0.25) is 0 Å². The molecule has 1 aromatic rings. The maximum atomic E-state index is 12.1. The molecule has 0 aromatic carbocycles. The predicted octanol–water partition coefficient (Wildman–Crippen LogP) is 1.49. The van der Waals surface area contributed by atoms with Gasteiger partial charge < -0.3 is 10.2 Å². The molecule has 0 aliphatic carbocycles. The van der Waals surface area contributed by atoms with Gasteiger partial charge in [-0.1, -0.05) is 0 Å². The number of amides is 1. The Labute approximate surface area is 102 Å². The molecule has 4 heteroatoms. The fourth-order valence-electron chi connectivity index (χ4n) is 2.03. The van der Waals surface area contributed by atoms with Crippen molar-refractivity contribution in [2.75, 3.05) is 18.0 Å². The maximum Gasteiger partial charge on any atom is 0.227 e. The van der Waals surface area contributed by atoms with E-state index in [4.69, 9.17) is 0 Å². The van der Waals surface area contributed by atoms with Gasteiger partial charge in [-0.2, -0.15) is 0 Å². The second-order valence-corrected chi connectivity index (χ2v) is 4.62. The van der Waals surface area contributed by atoms with Crippen LogP contribution in [-0.4, -0.2) is 30.0 Å². The highest BCUT2D eigenvalue weighted by Crippen LogP contribution is 2.16. The van der Waals surface area contributed by atoms with E-state index in [-0.39, 0.29) is 5.91 Å². The van der Waals surface area contributed by atoms with Gasteiger partial charge in [-0.05, 0) is 38.9 Å². The van der Waals surface area contributed by atoms with Crippen molar-refractivity contribution >= 4 is 11.6 Å². The van der Waals surface area contributed by atoms with Gasteiger partial charge >= 0.3 is 0 Å². The third-order valence-corrected chi connectivity index (χ3v) is 3.03. The van der Waals surface area contributed by atoms with Gasteiger partial charge in [-0.3, -0.25) is 9.78 Å². The fourth-order valence-corrected chi connectivity index (χ4v) is 2.03. The van der Waals surface area contributed by atoms with E-state index in [1.807, 2.05) is 24.0 Å². The Bertz CT molecular complexity index is 388. The number of aromatic nitrogens is 1. The zero-order valence-corrected chi connectivity index (χ0v) is 10.4. The average molecular weight is 233 g/mol. The van der Waals surface area contributed by atoms with Crippen LogP contribution in [0.5, 0.6) is 0 Å². The number of carbonyl (C=O) groups excluding carboxylic acids is 1. The highest BCUT2D eigenvalue weighted by molar-refractivity contribution is 5.93. The van der Waals surface area contributed by atoms with Gasteiger partial charge in [0.2, 0.25) is 5.91 Å². The van der Waals surface area contributed by atoms with Gasteiger partial charge in [0, 0.05) is 24.7 Å². The number of rotatable bonds is 1. The number of pyridine rings is 1. The summed E-state index contributed by atoms with van der Waals surface area (Å²) >= 11 is 0. The molecule has 1 aliphatic heterocycles. The van der Waals surface area contributed by atoms with Crippen LogP contribution in [-0.2, 0) is 4.79 Å². The predicted molar refractivity (Wildman–Crippen MR) is 68.0 cm³/mol. The summed E-state index contributed by atoms with van der Waals surface area (Å²) in [6.07, 6.45) is 3.29. The van der Waals surface area contributed by atoms with Gasteiger partial charge in [-0.25, -0.2) is 0 Å². The van der Waals surface area contributed by atoms with Gasteiger partial charge in [0.25, 0.3) is 0 Å². The Balaban J connectivity index is 2.20. The molecule has 0 radical (unpaired) electrons. The Morgan fingerprint density at radius 2 is 2.29 bits per heavy atom. The lowest BCUT2D eigenvalue weighted by atomic mass is 10.1. The molecular weight excluding hydrogens is 214 g/mol. The zero-order chi connectivity index (χ0) is 12.3. The molecule has 0 saturated carbocycles. The molecule has 1 atom stereocenters. The van der Waals surface area contributed by atoms with Crippen LogP contribution in [0.4, 0.5) is 5.69 Å². The van der Waals surface area contributed by atoms with E-state index in [0.717, 1.165) is 24.3 Å². The largest absolute Gasteiger partial charge is 0.312 e. The highest BCUT2D eigenvalue weighted by atomic mass is 16.2. The second kappa shape index (κ2) is 5.27. The number of aryl methyl sites for hydroxylation is 1. The normalized spacial score (nSPS) is 22.1. The molecule has 2 heterocycles. The van der Waals surface area contributed by atoms with Gasteiger partial charge in [0.05, 0.1) is 11.9 Å². The molecule has 17 heavy (non-hydrogen) atoms. The summed E-state index contributed by atoms with van der Waals surface area (Å²) in [6, 6.07) is 4.23. The van der Waals surface area contributed by atoms with E-state index in [1.165, 1.54) is 0 Å². The van der Waals surface area contributed by atoms with Crippen molar-refractivity contribution < 1.29 is 4.79 Å². The molecule has 1 amide bonds. The average Bonchev–Trinajstić information content (AvgIpc) is 2.31. The Morgan fingerprint density at radius 3 is 3.00 bits per heavy atom. The molecule has 0 bridgehead atoms. The lowest BCUT2D eigenvalue weighted by Gasteiger charge is -2.28. The number of hydrogen-bond donors (Lipinski definition) is 1. The topological polar surface area (TPSA) is 45.2 Å². The number of anilines is 1. The van der Waals surface area contributed by atoms with Crippen LogP contribution in [0.15, 0.2) is 18.3 Å². The molecule has 1 aromatic heterocycles. The first-order valence-electron chi connectivity index (χ1n) is 6.13. The van der Waals surface area contributed by atoms with E-state index in [0.29, 0.717) is 19.0 Å². The van der Waals surface area contributed by atoms with E-state index in [1.54, 1.807) is 6.20 Å². The fraction of sp³-hybridized carbons (Fsp3) is 0.538. The molecule has 1 unspecified atom stereocenters. The van der Waals surface area contributed by atoms with E-state index in [2.05, 4.69) is 17.2 Å². The lowest BCUT2D eigenvalue weighted by molar-refractivity contribution is -0.119. The van der Waals surface area contributed by atoms with E-state index >= 15 is 0 Å². The lowest BCUT2D eigenvalue weighted by Crippen LogP contribution is -2.45. The number of hydrogen-bond acceptors (Lipinski definition) is 3. The van der Waals surface area contributed by atoms with Crippen LogP contribution in [0.1, 0.15) is 25.5 Å². The van der Waals surface area contributed by atoms with Crippen LogP contribution in [0.25, 0.3) is 0 Å². The van der Waals surface area contributed by atoms with Crippen molar-refractivity contribution in [3.8, 4) is 0 Å². The molecule has 0 spiro atoms. The molecular formula is C13H19N3O. The summed E-state index contributed by atoms with van der Waals surface area (Å²) in [5.74, 6) is 0.198. The SMILES string of the molecule is Cc1ccc(N2CC(C)NCCCC2=O)cn1. The first-order valence-corrected chi connectivity index (χ1v) is 6.13. The summed E-state index contributed by atoms with van der Waals surface area (Å²) in [5.41, 5.74) is 1.87. The second-order valence-electron chi connectivity index (χ2n) is 4.62. The van der Waals surface area contributed by atoms with Crippen molar-refractivity contribution in [2.45, 2.75) is 32.7 Å². The molecule has 1 fully saturated rings. The summed E-state index contributed by atoms with van der Waals surface area (Å²) < 4.78 is 0. The molecule has 2 rings (SSSR count). The minimum absolute atomic E-state index is 0.198. The van der Waals surface area contributed by atoms with Crippen molar-refractivity contribution in [1.29, 1.82) is 0 Å². The molecule has 92 valence electrons. The summed E-state index contributed by atoms with van der Waals surface area (Å²) in [4.78, 5) is 18.2. The molecule has 4 nitrogen and oxygen atoms in total. The third kappa shape index (κ3) is 3.03. The zero-order valence-electron chi connectivity index (χ0n) is 10.4. The first-order chi connectivity index (χ1) is 8.16. The standard InChI is InChI=1S/C13H19N3O/c1-10-5-6-12(8-15-10)16-9-11(2)14-7-3-4-13(16)17/h5-6,8,11,14H,3-4,7,9H2,1-2H3. The van der Waals surface area contributed by atoms with Crippen LogP contribution < -0.4 is 10.2 Å². The Morgan fingerprint density at radius 1 is 1.47 bits per heavy atom. The van der Waals surface area contributed by atoms with Gasteiger partial charge in [0.15, 0.2) is 0 Å². The summed E-state index contributed by atoms with van der Waals surface area (Å²) in [5, 5.41) is 3.40. The monoisotopic (exact) mass is 233 g/mol. The minimum Gasteiger partial charge on any atom is -0.312 e. The van der Waals surface area contributed by atoms with Gasteiger partial charge in [0.1, 0.15) is 0 Å². The van der Waals surface area contributed by atoms with Gasteiger partial charge in [-0.15, -0.1) is 0 Å². The number of carbonyl (C=O) groups is 1. The van der Waals surface area contributed by atoms with E-state index in [9.17, 15) is 4.79 Å². The van der Waals surface area contributed by atoms with Crippen LogP contribution in [0.3, 0.4) is 0 Å². The van der Waals surface area contributed by atoms with Crippen molar-refractivity contribution in [1.82, 2.24) is 10.3 Å². The number of nitrogens with zero attached hydrogens (tertiary/aromatic N) is 2. The first kappa shape index (κ1) is 12.0. The molecule has 1 N–H and O–H groups in total. The van der Waals surface area contributed by atoms with Crippen LogP contribution >= 0.6 is 0 Å². The smallest absolute Gasteiger partial charge is 0.227 e. The number of nitrogens with one attached hydrogen (secondary N) is 1. The molecule has 1 aliphatic rings. The van der Waals surface area contributed by atoms with E-state index < -0.39 is 0 Å². The third-order valence-electron chi connectivity index (χ3n) is 3.03. The minimum atomic E-state index is 0.198. The van der Waals surface area contributed by atoms with Crippen molar-refractivity contribution in [3.63, 3.8) is 0 Å². The van der Waals surface area contributed by atoms with Crippen molar-refractivity contribution in [2.24, 2.45) is 0 Å². The summed E-state index contributed by atoms with van der Waals surface area (Å²) in [7, 11) is 0. The molecule has 1 saturated heterocycles. The Kier molecular flexibility index (Phi) is 3.74. The Hall–Kier alpha value is -1.42. The van der Waals surface area contributed by atoms with Crippen molar-refractivity contribution in [3.05, 3.63) is 24.0 Å². The maximum absolute atomic E-state index is 12.1. The summed E-state index contributed by atoms with van der Waals surface area (Å²) in [6.45, 7) is 5.69. The highest BCUT2D eigenvalue weighted by Gasteiger charge is 2.20. The van der Waals surface area contributed by atoms with Crippen LogP contribution in [0, 0.1) is 6.92 Å². The quantitative estimate of drug-likeness (QED) is 0.799.